The van der Waals surface area contributed by atoms with Crippen LogP contribution in [0.15, 0.2) is 28.7 Å². The summed E-state index contributed by atoms with van der Waals surface area (Å²) in [5, 5.41) is 5.18. The second kappa shape index (κ2) is 9.05. The van der Waals surface area contributed by atoms with Crippen LogP contribution in [0, 0.1) is 6.92 Å². The van der Waals surface area contributed by atoms with Crippen LogP contribution < -0.4 is 20.1 Å². The summed E-state index contributed by atoms with van der Waals surface area (Å²) in [6, 6.07) is 6.54. The molecule has 2 aliphatic rings. The number of urea groups is 1. The van der Waals surface area contributed by atoms with Crippen molar-refractivity contribution >= 4 is 11.7 Å². The lowest BCUT2D eigenvalue weighted by Gasteiger charge is -2.45. The van der Waals surface area contributed by atoms with Gasteiger partial charge in [-0.3, -0.25) is 0 Å². The summed E-state index contributed by atoms with van der Waals surface area (Å²) in [4.78, 5) is 14.9. The minimum atomic E-state index is -4.69. The number of methoxy groups -OCH3 is 2. The molecule has 1 saturated heterocycles. The Morgan fingerprint density at radius 1 is 1.18 bits per heavy atom. The predicted molar refractivity (Wildman–Crippen MR) is 120 cm³/mol. The van der Waals surface area contributed by atoms with E-state index in [9.17, 15) is 18.0 Å². The van der Waals surface area contributed by atoms with E-state index in [-0.39, 0.29) is 28.9 Å². The van der Waals surface area contributed by atoms with Crippen LogP contribution >= 0.6 is 0 Å². The van der Waals surface area contributed by atoms with Gasteiger partial charge in [0.2, 0.25) is 5.76 Å². The molecule has 186 valence electrons. The molecule has 4 rings (SSSR count). The number of carbonyl (C=O) groups is 1. The molecule has 3 unspecified atom stereocenters. The van der Waals surface area contributed by atoms with Crippen molar-refractivity contribution in [3.8, 4) is 11.5 Å². The van der Waals surface area contributed by atoms with E-state index in [0.29, 0.717) is 24.3 Å². The Kier molecular flexibility index (Phi) is 6.46. The number of halogens is 3. The van der Waals surface area contributed by atoms with Gasteiger partial charge in [-0.25, -0.2) is 4.79 Å². The van der Waals surface area contributed by atoms with Crippen LogP contribution in [-0.4, -0.2) is 50.8 Å². The van der Waals surface area contributed by atoms with Gasteiger partial charge in [-0.15, -0.1) is 0 Å². The Hall–Kier alpha value is -2.88. The molecule has 2 aromatic rings. The molecule has 2 N–H and O–H groups in total. The molecular weight excluding hydrogens is 451 g/mol. The summed E-state index contributed by atoms with van der Waals surface area (Å²) in [6.07, 6.45) is -1.47. The number of nitrogens with zero attached hydrogens (tertiary/aromatic N) is 1. The number of fused-ring (bicyclic) bond motifs is 1. The molecule has 1 aromatic heterocycles. The number of anilines is 1. The zero-order valence-corrected chi connectivity index (χ0v) is 19.7. The van der Waals surface area contributed by atoms with E-state index in [4.69, 9.17) is 13.9 Å². The second-order valence-electron chi connectivity index (χ2n) is 9.14. The quantitative estimate of drug-likeness (QED) is 0.633. The monoisotopic (exact) mass is 481 g/mol. The molecule has 1 aliphatic carbocycles. The van der Waals surface area contributed by atoms with Crippen LogP contribution in [0.3, 0.4) is 0 Å². The number of nitrogens with one attached hydrogen (secondary N) is 2. The summed E-state index contributed by atoms with van der Waals surface area (Å²) >= 11 is 0. The number of benzene rings is 1. The number of ether oxygens (including phenoxy) is 2. The van der Waals surface area contributed by atoms with Crippen molar-refractivity contribution in [3.63, 3.8) is 0 Å². The van der Waals surface area contributed by atoms with Gasteiger partial charge in [-0.2, -0.15) is 13.2 Å². The van der Waals surface area contributed by atoms with Gasteiger partial charge in [0.15, 0.2) is 11.5 Å². The van der Waals surface area contributed by atoms with E-state index in [1.165, 1.54) is 18.6 Å². The molecule has 10 heteroatoms. The highest BCUT2D eigenvalue weighted by atomic mass is 19.4. The Morgan fingerprint density at radius 2 is 1.91 bits per heavy atom. The highest BCUT2D eigenvalue weighted by molar-refractivity contribution is 5.90. The smallest absolute Gasteiger partial charge is 0.451 e. The van der Waals surface area contributed by atoms with Crippen LogP contribution in [-0.2, 0) is 11.6 Å². The Morgan fingerprint density at radius 3 is 2.59 bits per heavy atom. The summed E-state index contributed by atoms with van der Waals surface area (Å²) in [5.74, 6) is 0.225. The first-order valence-corrected chi connectivity index (χ1v) is 11.3. The number of carbonyl (C=O) groups excluding carboxylic acids is 1. The topological polar surface area (TPSA) is 76.0 Å². The maximum Gasteiger partial charge on any atom is 0.451 e. The van der Waals surface area contributed by atoms with E-state index in [1.54, 1.807) is 14.2 Å². The first-order chi connectivity index (χ1) is 16.1. The van der Waals surface area contributed by atoms with Gasteiger partial charge in [-0.05, 0) is 63.9 Å². The average molecular weight is 482 g/mol. The Balaban J connectivity index is 1.48. The maximum atomic E-state index is 13.2. The number of likely N-dealkylation sites (tertiary alicyclic amines) is 1. The SMILES string of the molecule is COc1ccc(C23CCC(NC(=O)Nc4cc(C)oc4C(F)(F)F)CC2N(C)CC3)cc1OC. The second-order valence-corrected chi connectivity index (χ2v) is 9.14. The lowest BCUT2D eigenvalue weighted by molar-refractivity contribution is -0.152. The molecule has 1 aliphatic heterocycles. The third kappa shape index (κ3) is 4.43. The van der Waals surface area contributed by atoms with Crippen molar-refractivity contribution in [2.24, 2.45) is 0 Å². The molecule has 7 nitrogen and oxygen atoms in total. The molecular formula is C24H30F3N3O4. The highest BCUT2D eigenvalue weighted by Gasteiger charge is 2.50. The van der Waals surface area contributed by atoms with Crippen LogP contribution in [0.25, 0.3) is 0 Å². The summed E-state index contributed by atoms with van der Waals surface area (Å²) in [5.41, 5.74) is 0.704. The van der Waals surface area contributed by atoms with Crippen LogP contribution in [0.5, 0.6) is 11.5 Å². The van der Waals surface area contributed by atoms with Crippen LogP contribution in [0.2, 0.25) is 0 Å². The van der Waals surface area contributed by atoms with Crippen molar-refractivity contribution in [1.82, 2.24) is 10.2 Å². The number of hydrogen-bond donors (Lipinski definition) is 2. The summed E-state index contributed by atoms with van der Waals surface area (Å²) in [6.45, 7) is 2.32. The molecule has 3 atom stereocenters. The van der Waals surface area contributed by atoms with E-state index < -0.39 is 18.0 Å². The van der Waals surface area contributed by atoms with Gasteiger partial charge in [0.05, 0.1) is 19.9 Å². The zero-order chi connectivity index (χ0) is 24.7. The number of amides is 2. The maximum absolute atomic E-state index is 13.2. The van der Waals surface area contributed by atoms with Crippen molar-refractivity contribution in [2.45, 2.75) is 56.3 Å². The fourth-order valence-electron chi connectivity index (χ4n) is 5.56. The fraction of sp³-hybridized carbons (Fsp3) is 0.542. The summed E-state index contributed by atoms with van der Waals surface area (Å²) < 4.78 is 55.2. The zero-order valence-electron chi connectivity index (χ0n) is 19.7. The lowest BCUT2D eigenvalue weighted by atomic mass is 9.65. The molecule has 34 heavy (non-hydrogen) atoms. The van der Waals surface area contributed by atoms with Crippen molar-refractivity contribution in [2.75, 3.05) is 33.1 Å². The van der Waals surface area contributed by atoms with Crippen molar-refractivity contribution < 1.29 is 31.9 Å². The van der Waals surface area contributed by atoms with Gasteiger partial charge in [0, 0.05) is 23.6 Å². The molecule has 1 saturated carbocycles. The van der Waals surface area contributed by atoms with Crippen molar-refractivity contribution in [3.05, 3.63) is 41.3 Å². The molecule has 1 aromatic carbocycles. The number of alkyl halides is 3. The minimum Gasteiger partial charge on any atom is -0.493 e. The largest absolute Gasteiger partial charge is 0.493 e. The van der Waals surface area contributed by atoms with Crippen LogP contribution in [0.4, 0.5) is 23.7 Å². The van der Waals surface area contributed by atoms with Gasteiger partial charge in [0.1, 0.15) is 5.76 Å². The predicted octanol–water partition coefficient (Wildman–Crippen LogP) is 4.94. The van der Waals surface area contributed by atoms with Gasteiger partial charge in [-0.1, -0.05) is 6.07 Å². The first kappa shape index (κ1) is 24.3. The molecule has 2 fully saturated rings. The minimum absolute atomic E-state index is 0.0765. The molecule has 0 bridgehead atoms. The average Bonchev–Trinajstić information content (AvgIpc) is 3.33. The van der Waals surface area contributed by atoms with Gasteiger partial charge in [0.25, 0.3) is 0 Å². The number of hydrogen-bond acceptors (Lipinski definition) is 5. The molecule has 0 spiro atoms. The third-order valence-electron chi connectivity index (χ3n) is 7.18. The van der Waals surface area contributed by atoms with Gasteiger partial charge < -0.3 is 29.4 Å². The Labute approximate surface area is 196 Å². The molecule has 2 heterocycles. The van der Waals surface area contributed by atoms with Crippen LogP contribution in [0.1, 0.15) is 42.8 Å². The third-order valence-corrected chi connectivity index (χ3v) is 7.18. The first-order valence-electron chi connectivity index (χ1n) is 11.3. The highest BCUT2D eigenvalue weighted by Crippen LogP contribution is 2.50. The van der Waals surface area contributed by atoms with Gasteiger partial charge >= 0.3 is 12.2 Å². The van der Waals surface area contributed by atoms with E-state index in [2.05, 4.69) is 28.6 Å². The summed E-state index contributed by atoms with van der Waals surface area (Å²) in [7, 11) is 5.29. The lowest BCUT2D eigenvalue weighted by Crippen LogP contribution is -2.52. The van der Waals surface area contributed by atoms with E-state index in [0.717, 1.165) is 19.4 Å². The Bertz CT molecular complexity index is 1050. The number of aryl methyl sites for hydroxylation is 1. The molecule has 0 radical (unpaired) electrons. The van der Waals surface area contributed by atoms with E-state index >= 15 is 0 Å². The van der Waals surface area contributed by atoms with Crippen molar-refractivity contribution in [1.29, 1.82) is 0 Å². The number of rotatable bonds is 5. The standard InChI is InChI=1S/C24H30F3N3O4/c1-14-11-17(21(34-14)24(25,26)27)29-22(31)28-16-7-8-23(9-10-30(2)20(23)13-16)15-5-6-18(32-3)19(12-15)33-4/h5-6,11-12,16,20H,7-10,13H2,1-4H3,(H2,28,29,31). The number of likely N-dealkylation sites (N-methyl/N-ethyl adjacent to an activating group) is 1. The fourth-order valence-corrected chi connectivity index (χ4v) is 5.56. The normalized spacial score (nSPS) is 25.0. The number of furan rings is 1. The van der Waals surface area contributed by atoms with E-state index in [1.807, 2.05) is 12.1 Å². The molecule has 2 amide bonds.